The van der Waals surface area contributed by atoms with Crippen molar-refractivity contribution < 1.29 is 28.8 Å². The normalized spacial score (nSPS) is 18.9. The monoisotopic (exact) mass is 597 g/mol. The zero-order valence-corrected chi connectivity index (χ0v) is 26.7. The van der Waals surface area contributed by atoms with Gasteiger partial charge in [0.05, 0.1) is 12.6 Å². The molecule has 0 aromatic rings. The number of ketones is 1. The Morgan fingerprint density at radius 1 is 0.732 bits per heavy atom. The highest BCUT2D eigenvalue weighted by molar-refractivity contribution is 7.98. The molecule has 5 N–H and O–H groups in total. The SMILES string of the molecule is CSC[C@H](NC(C)=O)C(=O)[C@@H]1CCCC1C(=O)N[C@@H](CC(C)C)C(=O)NCC(=O)N[C@@H](CC(C)C)C(=O)NC(C)C. The van der Waals surface area contributed by atoms with Crippen molar-refractivity contribution in [2.45, 2.75) is 105 Å². The number of carbonyl (C=O) groups is 6. The smallest absolute Gasteiger partial charge is 0.243 e. The van der Waals surface area contributed by atoms with E-state index in [1.807, 2.05) is 47.8 Å². The number of hydrogen-bond acceptors (Lipinski definition) is 7. The van der Waals surface area contributed by atoms with E-state index in [2.05, 4.69) is 26.6 Å². The van der Waals surface area contributed by atoms with Crippen molar-refractivity contribution in [3.63, 3.8) is 0 Å². The number of thioether (sulfide) groups is 1. The molecule has 1 unspecified atom stereocenters. The number of amides is 5. The molecular formula is C29H51N5O6S. The second-order valence-corrected chi connectivity index (χ2v) is 13.0. The molecule has 41 heavy (non-hydrogen) atoms. The van der Waals surface area contributed by atoms with E-state index in [0.717, 1.165) is 0 Å². The minimum absolute atomic E-state index is 0.0711. The van der Waals surface area contributed by atoms with E-state index >= 15 is 0 Å². The molecule has 12 heteroatoms. The number of Topliss-reactive ketones (excluding diaryl/α,β-unsaturated/α-hetero) is 1. The van der Waals surface area contributed by atoms with Gasteiger partial charge in [0.25, 0.3) is 0 Å². The third-order valence-corrected chi connectivity index (χ3v) is 7.49. The highest BCUT2D eigenvalue weighted by Crippen LogP contribution is 2.34. The first kappa shape index (κ1) is 36.4. The van der Waals surface area contributed by atoms with Gasteiger partial charge in [0.15, 0.2) is 5.78 Å². The van der Waals surface area contributed by atoms with Crippen LogP contribution < -0.4 is 26.6 Å². The van der Waals surface area contributed by atoms with Crippen molar-refractivity contribution in [2.24, 2.45) is 23.7 Å². The van der Waals surface area contributed by atoms with E-state index in [0.29, 0.717) is 37.9 Å². The predicted octanol–water partition coefficient (Wildman–Crippen LogP) is 1.54. The molecule has 1 saturated carbocycles. The molecule has 5 atom stereocenters. The van der Waals surface area contributed by atoms with Gasteiger partial charge in [-0.25, -0.2) is 0 Å². The maximum atomic E-state index is 13.3. The summed E-state index contributed by atoms with van der Waals surface area (Å²) >= 11 is 1.44. The molecular weight excluding hydrogens is 546 g/mol. The number of carbonyl (C=O) groups excluding carboxylic acids is 6. The maximum Gasteiger partial charge on any atom is 0.243 e. The molecule has 1 fully saturated rings. The average molecular weight is 598 g/mol. The fourth-order valence-electron chi connectivity index (χ4n) is 5.09. The molecule has 0 bridgehead atoms. The minimum Gasteiger partial charge on any atom is -0.352 e. The van der Waals surface area contributed by atoms with Crippen LogP contribution in [-0.4, -0.2) is 78.0 Å². The van der Waals surface area contributed by atoms with Crippen LogP contribution in [-0.2, 0) is 28.8 Å². The average Bonchev–Trinajstić information content (AvgIpc) is 3.34. The molecule has 0 aliphatic heterocycles. The summed E-state index contributed by atoms with van der Waals surface area (Å²) in [6, 6.07) is -2.36. The lowest BCUT2D eigenvalue weighted by atomic mass is 9.87. The van der Waals surface area contributed by atoms with Gasteiger partial charge in [0, 0.05) is 30.6 Å². The summed E-state index contributed by atoms with van der Waals surface area (Å²) in [4.78, 5) is 76.5. The minimum atomic E-state index is -0.889. The van der Waals surface area contributed by atoms with Gasteiger partial charge in [0.2, 0.25) is 29.5 Å². The first-order valence-corrected chi connectivity index (χ1v) is 16.0. The Morgan fingerprint density at radius 3 is 1.80 bits per heavy atom. The lowest BCUT2D eigenvalue weighted by molar-refractivity contribution is -0.136. The summed E-state index contributed by atoms with van der Waals surface area (Å²) in [6.07, 6.45) is 4.40. The van der Waals surface area contributed by atoms with E-state index in [1.165, 1.54) is 18.7 Å². The van der Waals surface area contributed by atoms with Gasteiger partial charge in [-0.1, -0.05) is 34.1 Å². The standard InChI is InChI=1S/C29H51N5O6S/c1-16(2)12-22(28(39)30-14-25(36)33-23(13-17(3)4)29(40)31-18(5)6)34-27(38)21-11-9-10-20(21)26(37)24(15-41-8)32-19(7)35/h16-18,20-24H,9-15H2,1-8H3,(H,30,39)(H,31,40)(H,32,35)(H,33,36)(H,34,38)/t20-,21?,22+,23+,24+/m1/s1. The lowest BCUT2D eigenvalue weighted by Gasteiger charge is -2.26. The fraction of sp³-hybridized carbons (Fsp3) is 0.793. The summed E-state index contributed by atoms with van der Waals surface area (Å²) in [5.74, 6) is -2.61. The van der Waals surface area contributed by atoms with E-state index in [-0.39, 0.29) is 47.9 Å². The number of nitrogens with one attached hydrogen (secondary N) is 5. The lowest BCUT2D eigenvalue weighted by Crippen LogP contribution is -2.54. The molecule has 5 amide bonds. The fourth-order valence-corrected chi connectivity index (χ4v) is 5.67. The quantitative estimate of drug-likeness (QED) is 0.170. The van der Waals surface area contributed by atoms with Gasteiger partial charge in [-0.3, -0.25) is 28.8 Å². The summed E-state index contributed by atoms with van der Waals surface area (Å²) in [5.41, 5.74) is 0. The Kier molecular flexibility index (Phi) is 16.0. The Hall–Kier alpha value is -2.63. The molecule has 0 spiro atoms. The molecule has 0 aromatic heterocycles. The summed E-state index contributed by atoms with van der Waals surface area (Å²) in [7, 11) is 0. The van der Waals surface area contributed by atoms with Crippen molar-refractivity contribution in [1.82, 2.24) is 26.6 Å². The van der Waals surface area contributed by atoms with Crippen LogP contribution >= 0.6 is 11.8 Å². The van der Waals surface area contributed by atoms with Crippen LogP contribution in [0.2, 0.25) is 0 Å². The molecule has 1 rings (SSSR count). The van der Waals surface area contributed by atoms with E-state index in [4.69, 9.17) is 0 Å². The second-order valence-electron chi connectivity index (χ2n) is 12.1. The molecule has 1 aliphatic rings. The van der Waals surface area contributed by atoms with E-state index in [9.17, 15) is 28.8 Å². The van der Waals surface area contributed by atoms with Gasteiger partial charge < -0.3 is 26.6 Å². The molecule has 0 radical (unpaired) electrons. The number of hydrogen-bond donors (Lipinski definition) is 5. The van der Waals surface area contributed by atoms with Crippen LogP contribution in [0.4, 0.5) is 0 Å². The summed E-state index contributed by atoms with van der Waals surface area (Å²) in [6.45, 7) is 12.4. The van der Waals surface area contributed by atoms with Gasteiger partial charge in [-0.2, -0.15) is 11.8 Å². The zero-order valence-electron chi connectivity index (χ0n) is 25.9. The second kappa shape index (κ2) is 18.0. The largest absolute Gasteiger partial charge is 0.352 e. The van der Waals surface area contributed by atoms with Crippen molar-refractivity contribution >= 4 is 47.1 Å². The molecule has 0 aromatic carbocycles. The summed E-state index contributed by atoms with van der Waals surface area (Å²) in [5, 5.41) is 13.6. The van der Waals surface area contributed by atoms with Gasteiger partial charge >= 0.3 is 0 Å². The van der Waals surface area contributed by atoms with Gasteiger partial charge in [0.1, 0.15) is 12.1 Å². The van der Waals surface area contributed by atoms with E-state index < -0.39 is 41.8 Å². The predicted molar refractivity (Wildman–Crippen MR) is 161 cm³/mol. The Balaban J connectivity index is 2.88. The Morgan fingerprint density at radius 2 is 1.29 bits per heavy atom. The van der Waals surface area contributed by atoms with Crippen LogP contribution in [0.15, 0.2) is 0 Å². The topological polar surface area (TPSA) is 163 Å². The van der Waals surface area contributed by atoms with Crippen LogP contribution in [0.1, 0.15) is 80.6 Å². The van der Waals surface area contributed by atoms with Crippen LogP contribution in [0.25, 0.3) is 0 Å². The van der Waals surface area contributed by atoms with Gasteiger partial charge in [-0.05, 0) is 57.6 Å². The summed E-state index contributed by atoms with van der Waals surface area (Å²) < 4.78 is 0. The molecule has 1 aliphatic carbocycles. The first-order valence-electron chi connectivity index (χ1n) is 14.6. The Labute approximate surface area is 249 Å². The van der Waals surface area contributed by atoms with Crippen molar-refractivity contribution in [3.05, 3.63) is 0 Å². The molecule has 0 heterocycles. The highest BCUT2D eigenvalue weighted by Gasteiger charge is 2.41. The van der Waals surface area contributed by atoms with E-state index in [1.54, 1.807) is 0 Å². The number of rotatable bonds is 17. The maximum absolute atomic E-state index is 13.3. The van der Waals surface area contributed by atoms with Crippen LogP contribution in [0.3, 0.4) is 0 Å². The molecule has 234 valence electrons. The van der Waals surface area contributed by atoms with Gasteiger partial charge in [-0.15, -0.1) is 0 Å². The van der Waals surface area contributed by atoms with Crippen molar-refractivity contribution in [1.29, 1.82) is 0 Å². The third kappa shape index (κ3) is 13.3. The molecule has 0 saturated heterocycles. The molecule has 11 nitrogen and oxygen atoms in total. The zero-order chi connectivity index (χ0) is 31.3. The van der Waals surface area contributed by atoms with Crippen LogP contribution in [0, 0.1) is 23.7 Å². The third-order valence-electron chi connectivity index (χ3n) is 6.83. The van der Waals surface area contributed by atoms with Crippen molar-refractivity contribution in [2.75, 3.05) is 18.6 Å². The van der Waals surface area contributed by atoms with Crippen molar-refractivity contribution in [3.8, 4) is 0 Å². The Bertz CT molecular complexity index is 925. The first-order chi connectivity index (χ1) is 19.2. The van der Waals surface area contributed by atoms with Crippen LogP contribution in [0.5, 0.6) is 0 Å². The highest BCUT2D eigenvalue weighted by atomic mass is 32.2.